The standard InChI is InChI=1S/C8H6NO3.Li/c10-5-9-7-1-3-8(4-2-7)12-6-11;/h1,3-6H,(H,9,10);/q-1;+1. The van der Waals surface area contributed by atoms with E-state index in [9.17, 15) is 9.59 Å². The Labute approximate surface area is 87.4 Å². The Morgan fingerprint density at radius 2 is 2.15 bits per heavy atom. The number of benzene rings is 1. The summed E-state index contributed by atoms with van der Waals surface area (Å²) in [5, 5.41) is 2.40. The van der Waals surface area contributed by atoms with Gasteiger partial charge >= 0.3 is 18.9 Å². The Kier molecular flexibility index (Phi) is 5.69. The average molecular weight is 171 g/mol. The van der Waals surface area contributed by atoms with Crippen LogP contribution in [-0.4, -0.2) is 12.9 Å². The van der Waals surface area contributed by atoms with Gasteiger partial charge in [0.2, 0.25) is 6.41 Å². The summed E-state index contributed by atoms with van der Waals surface area (Å²) in [6, 6.07) is 7.28. The first-order chi connectivity index (χ1) is 5.86. The van der Waals surface area contributed by atoms with Crippen molar-refractivity contribution in [2.45, 2.75) is 0 Å². The largest absolute Gasteiger partial charge is 1.00 e. The SMILES string of the molecule is O=CNc1[c-]cc(OC=O)cc1.[Li+]. The average Bonchev–Trinajstić information content (AvgIpc) is 2.09. The van der Waals surface area contributed by atoms with Crippen LogP contribution in [-0.2, 0) is 9.59 Å². The molecule has 0 spiro atoms. The summed E-state index contributed by atoms with van der Waals surface area (Å²) < 4.78 is 4.51. The number of anilines is 1. The van der Waals surface area contributed by atoms with Crippen molar-refractivity contribution in [2.75, 3.05) is 5.32 Å². The molecular weight excluding hydrogens is 165 g/mol. The maximum atomic E-state index is 9.97. The third kappa shape index (κ3) is 3.79. The second-order valence-corrected chi connectivity index (χ2v) is 1.91. The molecule has 0 heterocycles. The quantitative estimate of drug-likeness (QED) is 0.312. The maximum absolute atomic E-state index is 9.97. The van der Waals surface area contributed by atoms with E-state index in [-0.39, 0.29) is 18.9 Å². The summed E-state index contributed by atoms with van der Waals surface area (Å²) in [5.41, 5.74) is 0.531. The molecular formula is C8H6LiNO3. The summed E-state index contributed by atoms with van der Waals surface area (Å²) >= 11 is 0. The second kappa shape index (κ2) is 6.29. The maximum Gasteiger partial charge on any atom is 1.00 e. The number of hydrogen-bond acceptors (Lipinski definition) is 3. The molecule has 0 fully saturated rings. The van der Waals surface area contributed by atoms with Gasteiger partial charge in [-0.15, -0.1) is 18.2 Å². The van der Waals surface area contributed by atoms with E-state index in [1.165, 1.54) is 6.07 Å². The molecule has 4 nitrogen and oxygen atoms in total. The van der Waals surface area contributed by atoms with E-state index in [4.69, 9.17) is 0 Å². The minimum Gasteiger partial charge on any atom is -0.493 e. The Morgan fingerprint density at radius 3 is 2.62 bits per heavy atom. The van der Waals surface area contributed by atoms with Gasteiger partial charge in [-0.2, -0.15) is 6.07 Å². The smallest absolute Gasteiger partial charge is 0.493 e. The van der Waals surface area contributed by atoms with E-state index in [0.29, 0.717) is 24.3 Å². The van der Waals surface area contributed by atoms with E-state index >= 15 is 0 Å². The molecule has 0 aliphatic carbocycles. The molecule has 62 valence electrons. The van der Waals surface area contributed by atoms with E-state index < -0.39 is 0 Å². The molecule has 5 heteroatoms. The zero-order valence-corrected chi connectivity index (χ0v) is 7.11. The molecule has 0 aliphatic rings. The van der Waals surface area contributed by atoms with Gasteiger partial charge in [0.25, 0.3) is 6.47 Å². The Hall–Kier alpha value is -1.24. The molecule has 0 unspecified atom stereocenters. The third-order valence-electron chi connectivity index (χ3n) is 1.18. The molecule has 0 aliphatic heterocycles. The number of carbonyl (C=O) groups excluding carboxylic acids is 2. The molecule has 1 aromatic rings. The van der Waals surface area contributed by atoms with Crippen molar-refractivity contribution in [1.29, 1.82) is 0 Å². The van der Waals surface area contributed by atoms with Crippen molar-refractivity contribution in [3.63, 3.8) is 0 Å². The van der Waals surface area contributed by atoms with Crippen LogP contribution < -0.4 is 28.9 Å². The number of ether oxygens (including phenoxy) is 1. The zero-order valence-electron chi connectivity index (χ0n) is 7.11. The summed E-state index contributed by atoms with van der Waals surface area (Å²) in [7, 11) is 0. The van der Waals surface area contributed by atoms with Crippen LogP contribution in [0.1, 0.15) is 0 Å². The fourth-order valence-electron chi connectivity index (χ4n) is 0.693. The fourth-order valence-corrected chi connectivity index (χ4v) is 0.693. The van der Waals surface area contributed by atoms with Crippen LogP contribution in [0.5, 0.6) is 5.75 Å². The van der Waals surface area contributed by atoms with Crippen LogP contribution in [0.4, 0.5) is 5.69 Å². The first kappa shape index (κ1) is 11.8. The molecule has 0 atom stereocenters. The predicted octanol–water partition coefficient (Wildman–Crippen LogP) is -2.41. The number of nitrogens with one attached hydrogen (secondary N) is 1. The molecule has 13 heavy (non-hydrogen) atoms. The van der Waals surface area contributed by atoms with Crippen LogP contribution in [0.2, 0.25) is 0 Å². The number of amides is 1. The normalized spacial score (nSPS) is 8.00. The molecule has 0 radical (unpaired) electrons. The van der Waals surface area contributed by atoms with Gasteiger partial charge in [-0.1, -0.05) is 5.69 Å². The predicted molar refractivity (Wildman–Crippen MR) is 41.7 cm³/mol. The summed E-state index contributed by atoms with van der Waals surface area (Å²) in [6.07, 6.45) is 0.548. The summed E-state index contributed by atoms with van der Waals surface area (Å²) in [4.78, 5) is 19.8. The zero-order chi connectivity index (χ0) is 8.81. The van der Waals surface area contributed by atoms with E-state index in [0.717, 1.165) is 0 Å². The van der Waals surface area contributed by atoms with Crippen LogP contribution in [0, 0.1) is 6.07 Å². The van der Waals surface area contributed by atoms with Gasteiger partial charge in [-0.3, -0.25) is 9.59 Å². The molecule has 0 saturated heterocycles. The van der Waals surface area contributed by atoms with E-state index in [2.05, 4.69) is 16.1 Å². The molecule has 1 amide bonds. The van der Waals surface area contributed by atoms with Gasteiger partial charge in [0.1, 0.15) is 0 Å². The minimum absolute atomic E-state index is 0. The Bertz CT molecular complexity index is 244. The molecule has 1 rings (SSSR count). The van der Waals surface area contributed by atoms with Gasteiger partial charge in [-0.25, -0.2) is 0 Å². The second-order valence-electron chi connectivity index (χ2n) is 1.91. The van der Waals surface area contributed by atoms with Crippen LogP contribution >= 0.6 is 0 Å². The third-order valence-corrected chi connectivity index (χ3v) is 1.18. The van der Waals surface area contributed by atoms with E-state index in [1.807, 2.05) is 0 Å². The molecule has 1 N–H and O–H groups in total. The molecule has 0 saturated carbocycles. The van der Waals surface area contributed by atoms with Crippen molar-refractivity contribution in [2.24, 2.45) is 0 Å². The van der Waals surface area contributed by atoms with Gasteiger partial charge in [0.05, 0.1) is 0 Å². The Balaban J connectivity index is 0.00000144. The van der Waals surface area contributed by atoms with Crippen molar-refractivity contribution in [3.8, 4) is 5.75 Å². The van der Waals surface area contributed by atoms with Crippen LogP contribution in [0.15, 0.2) is 18.2 Å². The van der Waals surface area contributed by atoms with Crippen molar-refractivity contribution < 1.29 is 33.2 Å². The number of carbonyl (C=O) groups is 2. The van der Waals surface area contributed by atoms with Gasteiger partial charge < -0.3 is 10.1 Å². The van der Waals surface area contributed by atoms with Gasteiger partial charge in [0, 0.05) is 5.75 Å². The van der Waals surface area contributed by atoms with Gasteiger partial charge in [-0.05, 0) is 0 Å². The molecule has 0 bridgehead atoms. The monoisotopic (exact) mass is 171 g/mol. The fraction of sp³-hybridized carbons (Fsp3) is 0. The van der Waals surface area contributed by atoms with Crippen molar-refractivity contribution in [1.82, 2.24) is 0 Å². The Morgan fingerprint density at radius 1 is 1.38 bits per heavy atom. The number of hydrogen-bond donors (Lipinski definition) is 1. The minimum atomic E-state index is 0. The molecule has 0 aromatic heterocycles. The topological polar surface area (TPSA) is 55.4 Å². The van der Waals surface area contributed by atoms with Crippen molar-refractivity contribution in [3.05, 3.63) is 24.3 Å². The molecule has 1 aromatic carbocycles. The first-order valence-corrected chi connectivity index (χ1v) is 3.19. The summed E-state index contributed by atoms with van der Waals surface area (Å²) in [6.45, 7) is 0.329. The van der Waals surface area contributed by atoms with Crippen molar-refractivity contribution >= 4 is 18.6 Å². The van der Waals surface area contributed by atoms with Crippen LogP contribution in [0.3, 0.4) is 0 Å². The first-order valence-electron chi connectivity index (χ1n) is 3.19. The summed E-state index contributed by atoms with van der Waals surface area (Å²) in [5.74, 6) is 0.390. The van der Waals surface area contributed by atoms with Gasteiger partial charge in [0.15, 0.2) is 0 Å². The van der Waals surface area contributed by atoms with E-state index in [1.54, 1.807) is 12.1 Å². The van der Waals surface area contributed by atoms with Crippen LogP contribution in [0.25, 0.3) is 0 Å². The number of rotatable bonds is 4.